The fourth-order valence-electron chi connectivity index (χ4n) is 2.73. The molecule has 0 saturated heterocycles. The van der Waals surface area contributed by atoms with E-state index in [1.54, 1.807) is 14.2 Å². The Morgan fingerprint density at radius 3 is 2.70 bits per heavy atom. The van der Waals surface area contributed by atoms with Crippen LogP contribution in [0.1, 0.15) is 11.1 Å². The summed E-state index contributed by atoms with van der Waals surface area (Å²) in [5.74, 6) is 2.44. The van der Waals surface area contributed by atoms with Crippen molar-refractivity contribution in [2.24, 2.45) is 0 Å². The molecule has 0 saturated carbocycles. The SMILES string of the molecule is COc1ccc(CCN2COc3ccc(Cl)cc3C2)cc1OC. The second kappa shape index (κ2) is 7.11. The normalized spacial score (nSPS) is 14.0. The van der Waals surface area contributed by atoms with E-state index in [9.17, 15) is 0 Å². The number of ether oxygens (including phenoxy) is 3. The van der Waals surface area contributed by atoms with Crippen molar-refractivity contribution in [3.63, 3.8) is 0 Å². The van der Waals surface area contributed by atoms with E-state index in [4.69, 9.17) is 25.8 Å². The Kier molecular flexibility index (Phi) is 4.94. The van der Waals surface area contributed by atoms with Crippen molar-refractivity contribution in [1.82, 2.24) is 4.90 Å². The molecule has 23 heavy (non-hydrogen) atoms. The fourth-order valence-corrected chi connectivity index (χ4v) is 2.92. The highest BCUT2D eigenvalue weighted by atomic mass is 35.5. The molecule has 0 unspecified atom stereocenters. The van der Waals surface area contributed by atoms with Crippen molar-refractivity contribution >= 4 is 11.6 Å². The molecule has 0 aliphatic carbocycles. The van der Waals surface area contributed by atoms with Crippen LogP contribution in [0.2, 0.25) is 5.02 Å². The molecule has 0 N–H and O–H groups in total. The number of hydrogen-bond acceptors (Lipinski definition) is 4. The second-order valence-electron chi connectivity index (χ2n) is 5.52. The van der Waals surface area contributed by atoms with Gasteiger partial charge in [0.15, 0.2) is 11.5 Å². The van der Waals surface area contributed by atoms with Crippen LogP contribution in [0, 0.1) is 0 Å². The minimum absolute atomic E-state index is 0.599. The third-order valence-electron chi connectivity index (χ3n) is 3.98. The van der Waals surface area contributed by atoms with Gasteiger partial charge in [-0.25, -0.2) is 0 Å². The molecule has 2 aromatic rings. The smallest absolute Gasteiger partial charge is 0.160 e. The second-order valence-corrected chi connectivity index (χ2v) is 5.95. The van der Waals surface area contributed by atoms with Crippen molar-refractivity contribution in [3.05, 3.63) is 52.5 Å². The highest BCUT2D eigenvalue weighted by Crippen LogP contribution is 2.29. The molecule has 0 atom stereocenters. The predicted molar refractivity (Wildman–Crippen MR) is 90.6 cm³/mol. The first-order valence-corrected chi connectivity index (χ1v) is 7.92. The van der Waals surface area contributed by atoms with Gasteiger partial charge in [-0.3, -0.25) is 4.90 Å². The van der Waals surface area contributed by atoms with Gasteiger partial charge in [0.25, 0.3) is 0 Å². The van der Waals surface area contributed by atoms with Crippen molar-refractivity contribution in [2.45, 2.75) is 13.0 Å². The lowest BCUT2D eigenvalue weighted by molar-refractivity contribution is 0.0965. The Morgan fingerprint density at radius 2 is 1.91 bits per heavy atom. The van der Waals surface area contributed by atoms with Gasteiger partial charge >= 0.3 is 0 Å². The van der Waals surface area contributed by atoms with Gasteiger partial charge in [-0.05, 0) is 42.3 Å². The topological polar surface area (TPSA) is 30.9 Å². The van der Waals surface area contributed by atoms with Crippen LogP contribution in [0.15, 0.2) is 36.4 Å². The Hall–Kier alpha value is -1.91. The van der Waals surface area contributed by atoms with E-state index in [2.05, 4.69) is 11.0 Å². The molecule has 3 rings (SSSR count). The number of benzene rings is 2. The first kappa shape index (κ1) is 16.0. The van der Waals surface area contributed by atoms with Gasteiger partial charge in [-0.2, -0.15) is 0 Å². The average Bonchev–Trinajstić information content (AvgIpc) is 2.59. The van der Waals surface area contributed by atoms with E-state index in [1.165, 1.54) is 5.56 Å². The van der Waals surface area contributed by atoms with Crippen LogP contribution in [0.4, 0.5) is 0 Å². The maximum atomic E-state index is 6.06. The van der Waals surface area contributed by atoms with Gasteiger partial charge in [0.05, 0.1) is 14.2 Å². The summed E-state index contributed by atoms with van der Waals surface area (Å²) < 4.78 is 16.4. The number of rotatable bonds is 5. The van der Waals surface area contributed by atoms with Crippen molar-refractivity contribution in [3.8, 4) is 17.2 Å². The zero-order valence-corrected chi connectivity index (χ0v) is 14.1. The maximum Gasteiger partial charge on any atom is 0.160 e. The van der Waals surface area contributed by atoms with Gasteiger partial charge in [0.2, 0.25) is 0 Å². The molecular formula is C18H20ClNO3. The van der Waals surface area contributed by atoms with E-state index in [-0.39, 0.29) is 0 Å². The summed E-state index contributed by atoms with van der Waals surface area (Å²) in [7, 11) is 3.30. The molecule has 1 aliphatic rings. The molecule has 0 spiro atoms. The lowest BCUT2D eigenvalue weighted by atomic mass is 10.1. The van der Waals surface area contributed by atoms with Crippen LogP contribution in [0.3, 0.4) is 0 Å². The Balaban J connectivity index is 1.63. The molecule has 122 valence electrons. The van der Waals surface area contributed by atoms with Gasteiger partial charge in [-0.15, -0.1) is 0 Å². The third-order valence-corrected chi connectivity index (χ3v) is 4.22. The van der Waals surface area contributed by atoms with Crippen molar-refractivity contribution in [2.75, 3.05) is 27.5 Å². The number of methoxy groups -OCH3 is 2. The van der Waals surface area contributed by atoms with Gasteiger partial charge in [-0.1, -0.05) is 17.7 Å². The van der Waals surface area contributed by atoms with E-state index < -0.39 is 0 Å². The number of fused-ring (bicyclic) bond motifs is 1. The van der Waals surface area contributed by atoms with Gasteiger partial charge in [0, 0.05) is 23.7 Å². The van der Waals surface area contributed by atoms with E-state index in [0.29, 0.717) is 6.73 Å². The zero-order chi connectivity index (χ0) is 16.2. The highest BCUT2D eigenvalue weighted by molar-refractivity contribution is 6.30. The summed E-state index contributed by atoms with van der Waals surface area (Å²) in [6, 6.07) is 11.8. The Labute approximate surface area is 141 Å². The Morgan fingerprint density at radius 1 is 1.09 bits per heavy atom. The lowest BCUT2D eigenvalue weighted by Crippen LogP contribution is -2.33. The quantitative estimate of drug-likeness (QED) is 0.833. The van der Waals surface area contributed by atoms with Gasteiger partial charge in [0.1, 0.15) is 12.5 Å². The largest absolute Gasteiger partial charge is 0.493 e. The monoisotopic (exact) mass is 333 g/mol. The minimum atomic E-state index is 0.599. The number of halogens is 1. The third kappa shape index (κ3) is 3.71. The average molecular weight is 334 g/mol. The molecule has 0 aromatic heterocycles. The van der Waals surface area contributed by atoms with E-state index >= 15 is 0 Å². The van der Waals surface area contributed by atoms with E-state index in [1.807, 2.05) is 30.3 Å². The summed E-state index contributed by atoms with van der Waals surface area (Å²) in [5.41, 5.74) is 2.34. The summed E-state index contributed by atoms with van der Waals surface area (Å²) >= 11 is 6.06. The molecular weight excluding hydrogens is 314 g/mol. The van der Waals surface area contributed by atoms with Crippen LogP contribution in [-0.2, 0) is 13.0 Å². The minimum Gasteiger partial charge on any atom is -0.493 e. The molecule has 0 radical (unpaired) electrons. The van der Waals surface area contributed by atoms with Crippen LogP contribution >= 0.6 is 11.6 Å². The summed E-state index contributed by atoms with van der Waals surface area (Å²) in [5, 5.41) is 0.745. The summed E-state index contributed by atoms with van der Waals surface area (Å²) in [6.45, 7) is 2.35. The van der Waals surface area contributed by atoms with Crippen LogP contribution in [0.25, 0.3) is 0 Å². The zero-order valence-electron chi connectivity index (χ0n) is 13.3. The van der Waals surface area contributed by atoms with E-state index in [0.717, 1.165) is 47.3 Å². The van der Waals surface area contributed by atoms with Crippen LogP contribution in [-0.4, -0.2) is 32.4 Å². The van der Waals surface area contributed by atoms with Crippen LogP contribution < -0.4 is 14.2 Å². The highest BCUT2D eigenvalue weighted by Gasteiger charge is 2.17. The number of nitrogens with zero attached hydrogens (tertiary/aromatic N) is 1. The van der Waals surface area contributed by atoms with Crippen molar-refractivity contribution in [1.29, 1.82) is 0 Å². The maximum absolute atomic E-state index is 6.06. The summed E-state index contributed by atoms with van der Waals surface area (Å²) in [6.07, 6.45) is 0.916. The number of hydrogen-bond donors (Lipinski definition) is 0. The standard InChI is InChI=1S/C18H20ClNO3/c1-21-17-5-3-13(9-18(17)22-2)7-8-20-11-14-10-15(19)4-6-16(14)23-12-20/h3-6,9-10H,7-8,11-12H2,1-2H3. The predicted octanol–water partition coefficient (Wildman–Crippen LogP) is 3.75. The molecule has 0 amide bonds. The fraction of sp³-hybridized carbons (Fsp3) is 0.333. The molecule has 5 heteroatoms. The first-order valence-electron chi connectivity index (χ1n) is 7.54. The first-order chi connectivity index (χ1) is 11.2. The molecule has 0 bridgehead atoms. The van der Waals surface area contributed by atoms with Crippen LogP contribution in [0.5, 0.6) is 17.2 Å². The van der Waals surface area contributed by atoms with Gasteiger partial charge < -0.3 is 14.2 Å². The molecule has 4 nitrogen and oxygen atoms in total. The molecule has 1 heterocycles. The Bertz CT molecular complexity index is 690. The summed E-state index contributed by atoms with van der Waals surface area (Å²) in [4.78, 5) is 2.26. The molecule has 0 fully saturated rings. The van der Waals surface area contributed by atoms with Crippen molar-refractivity contribution < 1.29 is 14.2 Å². The molecule has 1 aliphatic heterocycles. The molecule has 2 aromatic carbocycles. The lowest BCUT2D eigenvalue weighted by Gasteiger charge is -2.29.